The molecule has 1 aromatic rings. The Labute approximate surface area is 173 Å². The lowest BCUT2D eigenvalue weighted by Gasteiger charge is -2.36. The van der Waals surface area contributed by atoms with Crippen LogP contribution in [-0.4, -0.2) is 72.4 Å². The van der Waals surface area contributed by atoms with Crippen molar-refractivity contribution >= 4 is 17.4 Å². The van der Waals surface area contributed by atoms with E-state index < -0.39 is 0 Å². The summed E-state index contributed by atoms with van der Waals surface area (Å²) in [6.45, 7) is 6.50. The van der Waals surface area contributed by atoms with Gasteiger partial charge in [0, 0.05) is 37.8 Å². The van der Waals surface area contributed by atoms with Gasteiger partial charge in [-0.25, -0.2) is 0 Å². The maximum Gasteiger partial charge on any atom is 0.278 e. The Morgan fingerprint density at radius 1 is 0.966 bits per heavy atom. The Kier molecular flexibility index (Phi) is 5.90. The lowest BCUT2D eigenvalue weighted by atomic mass is 9.94. The molecule has 1 aliphatic carbocycles. The van der Waals surface area contributed by atoms with Gasteiger partial charge in [-0.15, -0.1) is 0 Å². The van der Waals surface area contributed by atoms with Crippen molar-refractivity contribution in [3.8, 4) is 5.75 Å². The normalized spacial score (nSPS) is 22.0. The van der Waals surface area contributed by atoms with Crippen LogP contribution in [0.4, 0.5) is 0 Å². The first-order valence-electron chi connectivity index (χ1n) is 10.9. The van der Waals surface area contributed by atoms with Crippen LogP contribution < -0.4 is 4.74 Å². The molecule has 2 aliphatic heterocycles. The van der Waals surface area contributed by atoms with Crippen LogP contribution >= 0.6 is 0 Å². The van der Waals surface area contributed by atoms with E-state index in [0.717, 1.165) is 64.0 Å². The average molecular weight is 398 g/mol. The summed E-state index contributed by atoms with van der Waals surface area (Å²) in [6, 6.07) is 7.56. The molecule has 4 rings (SSSR count). The lowest BCUT2D eigenvalue weighted by Crippen LogP contribution is -2.48. The van der Waals surface area contributed by atoms with E-state index >= 15 is 0 Å². The second-order valence-electron chi connectivity index (χ2n) is 8.12. The average Bonchev–Trinajstić information content (AvgIpc) is 3.04. The molecule has 156 valence electrons. The smallest absolute Gasteiger partial charge is 0.278 e. The largest absolute Gasteiger partial charge is 0.496 e. The molecule has 0 atom stereocenters. The minimum Gasteiger partial charge on any atom is -0.496 e. The van der Waals surface area contributed by atoms with Crippen LogP contribution in [0.1, 0.15) is 44.6 Å². The maximum atomic E-state index is 13.6. The number of benzene rings is 1. The molecule has 1 saturated carbocycles. The fourth-order valence-electron chi connectivity index (χ4n) is 4.88. The zero-order chi connectivity index (χ0) is 20.4. The second-order valence-corrected chi connectivity index (χ2v) is 8.12. The number of ether oxygens (including phenoxy) is 1. The number of amides is 2. The highest BCUT2D eigenvalue weighted by Gasteiger charge is 2.45. The van der Waals surface area contributed by atoms with Gasteiger partial charge < -0.3 is 14.5 Å². The molecule has 0 aromatic heterocycles. The monoisotopic (exact) mass is 397 g/mol. The molecule has 0 unspecified atom stereocenters. The van der Waals surface area contributed by atoms with Crippen LogP contribution in [-0.2, 0) is 9.59 Å². The number of piperazine rings is 1. The molecule has 2 heterocycles. The van der Waals surface area contributed by atoms with Crippen molar-refractivity contribution < 1.29 is 14.3 Å². The third kappa shape index (κ3) is 3.66. The summed E-state index contributed by atoms with van der Waals surface area (Å²) in [7, 11) is 1.61. The van der Waals surface area contributed by atoms with Crippen molar-refractivity contribution in [3.63, 3.8) is 0 Å². The van der Waals surface area contributed by atoms with Crippen LogP contribution in [0.25, 0.3) is 5.57 Å². The highest BCUT2D eigenvalue weighted by atomic mass is 16.5. The van der Waals surface area contributed by atoms with E-state index in [9.17, 15) is 9.59 Å². The van der Waals surface area contributed by atoms with Crippen LogP contribution in [0.5, 0.6) is 5.75 Å². The molecule has 0 N–H and O–H groups in total. The second kappa shape index (κ2) is 8.57. The third-order valence-electron chi connectivity index (χ3n) is 6.54. The summed E-state index contributed by atoms with van der Waals surface area (Å²) in [6.07, 6.45) is 5.17. The summed E-state index contributed by atoms with van der Waals surface area (Å²) in [5, 5.41) is 0. The minimum atomic E-state index is -0.153. The Hall–Kier alpha value is -2.34. The maximum absolute atomic E-state index is 13.6. The predicted octanol–water partition coefficient (Wildman–Crippen LogP) is 2.75. The fourth-order valence-corrected chi connectivity index (χ4v) is 4.88. The number of methoxy groups -OCH3 is 1. The summed E-state index contributed by atoms with van der Waals surface area (Å²) in [5.41, 5.74) is 1.81. The topological polar surface area (TPSA) is 53.1 Å². The Morgan fingerprint density at radius 3 is 2.31 bits per heavy atom. The van der Waals surface area contributed by atoms with E-state index in [1.54, 1.807) is 12.0 Å². The number of para-hydroxylation sites is 1. The first-order valence-corrected chi connectivity index (χ1v) is 10.9. The SMILES string of the molecule is CCN1CCN(C2=C(c3ccccc3OC)C(=O)N(C3CCCCC3)C2=O)CC1. The van der Waals surface area contributed by atoms with Crippen molar-refractivity contribution in [3.05, 3.63) is 35.5 Å². The Bertz CT molecular complexity index is 805. The van der Waals surface area contributed by atoms with E-state index in [4.69, 9.17) is 4.74 Å². The molecule has 6 nitrogen and oxygen atoms in total. The third-order valence-corrected chi connectivity index (χ3v) is 6.54. The number of rotatable bonds is 5. The molecule has 2 fully saturated rings. The summed E-state index contributed by atoms with van der Waals surface area (Å²) in [4.78, 5) is 33.3. The molecule has 1 aromatic carbocycles. The van der Waals surface area contributed by atoms with Gasteiger partial charge in [-0.1, -0.05) is 44.4 Å². The predicted molar refractivity (Wildman–Crippen MR) is 112 cm³/mol. The van der Waals surface area contributed by atoms with Gasteiger partial charge in [0.25, 0.3) is 11.8 Å². The lowest BCUT2D eigenvalue weighted by molar-refractivity contribution is -0.141. The van der Waals surface area contributed by atoms with Gasteiger partial charge in [-0.05, 0) is 25.5 Å². The molecule has 0 radical (unpaired) electrons. The van der Waals surface area contributed by atoms with Gasteiger partial charge in [0.2, 0.25) is 0 Å². The van der Waals surface area contributed by atoms with Crippen molar-refractivity contribution in [2.45, 2.75) is 45.1 Å². The number of carbonyl (C=O) groups excluding carboxylic acids is 2. The van der Waals surface area contributed by atoms with Crippen LogP contribution in [0.2, 0.25) is 0 Å². The zero-order valence-corrected chi connectivity index (χ0v) is 17.5. The molecule has 3 aliphatic rings. The van der Waals surface area contributed by atoms with E-state index in [-0.39, 0.29) is 17.9 Å². The number of likely N-dealkylation sites (N-methyl/N-ethyl adjacent to an activating group) is 1. The quantitative estimate of drug-likeness (QED) is 0.715. The standard InChI is InChI=1S/C23H31N3O3/c1-3-24-13-15-25(16-14-24)21-20(18-11-7-8-12-19(18)29-2)22(27)26(23(21)28)17-9-5-4-6-10-17/h7-8,11-12,17H,3-6,9-10,13-16H2,1-2H3. The summed E-state index contributed by atoms with van der Waals surface area (Å²) in [5.74, 6) is 0.367. The van der Waals surface area contributed by atoms with Crippen molar-refractivity contribution in [1.82, 2.24) is 14.7 Å². The number of hydrogen-bond acceptors (Lipinski definition) is 5. The summed E-state index contributed by atoms with van der Waals surface area (Å²) >= 11 is 0. The summed E-state index contributed by atoms with van der Waals surface area (Å²) < 4.78 is 5.55. The van der Waals surface area contributed by atoms with Crippen LogP contribution in [0, 0.1) is 0 Å². The molecule has 0 spiro atoms. The van der Waals surface area contributed by atoms with Crippen molar-refractivity contribution in [2.75, 3.05) is 39.8 Å². The van der Waals surface area contributed by atoms with Crippen molar-refractivity contribution in [2.24, 2.45) is 0 Å². The molecule has 6 heteroatoms. The first kappa shape index (κ1) is 20.0. The highest BCUT2D eigenvalue weighted by molar-refractivity contribution is 6.36. The van der Waals surface area contributed by atoms with E-state index in [1.807, 2.05) is 24.3 Å². The molecule has 1 saturated heterocycles. The van der Waals surface area contributed by atoms with Gasteiger partial charge in [-0.3, -0.25) is 14.5 Å². The van der Waals surface area contributed by atoms with Gasteiger partial charge in [0.05, 0.1) is 12.7 Å². The Morgan fingerprint density at radius 2 is 1.66 bits per heavy atom. The molecule has 2 amide bonds. The van der Waals surface area contributed by atoms with Crippen molar-refractivity contribution in [1.29, 1.82) is 0 Å². The van der Waals surface area contributed by atoms with Gasteiger partial charge in [0.15, 0.2) is 0 Å². The number of imide groups is 1. The number of hydrogen-bond donors (Lipinski definition) is 0. The molecular formula is C23H31N3O3. The van der Waals surface area contributed by atoms with Gasteiger partial charge >= 0.3 is 0 Å². The van der Waals surface area contributed by atoms with E-state index in [2.05, 4.69) is 16.7 Å². The zero-order valence-electron chi connectivity index (χ0n) is 17.5. The fraction of sp³-hybridized carbons (Fsp3) is 0.565. The highest BCUT2D eigenvalue weighted by Crippen LogP contribution is 2.39. The van der Waals surface area contributed by atoms with Gasteiger partial charge in [0.1, 0.15) is 11.4 Å². The number of nitrogens with zero attached hydrogens (tertiary/aromatic N) is 3. The molecular weight excluding hydrogens is 366 g/mol. The van der Waals surface area contributed by atoms with Crippen LogP contribution in [0.3, 0.4) is 0 Å². The molecule has 0 bridgehead atoms. The van der Waals surface area contributed by atoms with E-state index in [1.165, 1.54) is 6.42 Å². The molecule has 29 heavy (non-hydrogen) atoms. The number of carbonyl (C=O) groups is 2. The van der Waals surface area contributed by atoms with E-state index in [0.29, 0.717) is 17.0 Å². The van der Waals surface area contributed by atoms with Gasteiger partial charge in [-0.2, -0.15) is 0 Å². The van der Waals surface area contributed by atoms with Crippen LogP contribution in [0.15, 0.2) is 30.0 Å². The first-order chi connectivity index (χ1) is 14.2. The minimum absolute atomic E-state index is 0.0166. The Balaban J connectivity index is 1.75.